The van der Waals surface area contributed by atoms with Crippen LogP contribution < -0.4 is 5.32 Å². The molecule has 142 valence electrons. The van der Waals surface area contributed by atoms with E-state index in [1.54, 1.807) is 20.0 Å². The summed E-state index contributed by atoms with van der Waals surface area (Å²) in [5.41, 5.74) is 2.10. The number of rotatable bonds is 5. The van der Waals surface area contributed by atoms with Crippen molar-refractivity contribution in [1.29, 1.82) is 10.5 Å². The summed E-state index contributed by atoms with van der Waals surface area (Å²) in [6, 6.07) is 9.94. The topological polar surface area (TPSA) is 110 Å². The fourth-order valence-corrected chi connectivity index (χ4v) is 4.55. The van der Waals surface area contributed by atoms with Crippen LogP contribution in [0.5, 0.6) is 0 Å². The molecule has 2 aromatic rings. The Labute approximate surface area is 167 Å². The Kier molecular flexibility index (Phi) is 5.31. The number of ketones is 1. The van der Waals surface area contributed by atoms with Crippen molar-refractivity contribution in [2.75, 3.05) is 5.75 Å². The van der Waals surface area contributed by atoms with Crippen molar-refractivity contribution in [2.45, 2.75) is 27.2 Å². The average Bonchev–Trinajstić information content (AvgIpc) is 3.10. The zero-order valence-corrected chi connectivity index (χ0v) is 16.7. The van der Waals surface area contributed by atoms with Gasteiger partial charge in [0.25, 0.3) is 0 Å². The second-order valence-corrected chi connectivity index (χ2v) is 8.18. The van der Waals surface area contributed by atoms with E-state index < -0.39 is 17.2 Å². The summed E-state index contributed by atoms with van der Waals surface area (Å²) < 4.78 is 0. The molecule has 2 heterocycles. The van der Waals surface area contributed by atoms with E-state index in [4.69, 9.17) is 0 Å². The molecule has 1 aromatic carbocycles. The van der Waals surface area contributed by atoms with Crippen LogP contribution in [0.3, 0.4) is 0 Å². The van der Waals surface area contributed by atoms with Gasteiger partial charge in [-0.05, 0) is 12.0 Å². The number of H-pyrrole nitrogens is 1. The van der Waals surface area contributed by atoms with Crippen molar-refractivity contribution in [2.24, 2.45) is 11.3 Å². The van der Waals surface area contributed by atoms with Gasteiger partial charge in [-0.3, -0.25) is 9.59 Å². The summed E-state index contributed by atoms with van der Waals surface area (Å²) in [5, 5.41) is 22.7. The smallest absolute Gasteiger partial charge is 0.243 e. The molecule has 6 nitrogen and oxygen atoms in total. The third kappa shape index (κ3) is 3.19. The summed E-state index contributed by atoms with van der Waals surface area (Å²) in [5.74, 6) is -1.40. The van der Waals surface area contributed by atoms with E-state index in [9.17, 15) is 20.1 Å². The minimum Gasteiger partial charge on any atom is -0.360 e. The number of thioether (sulfide) groups is 1. The lowest BCUT2D eigenvalue weighted by Crippen LogP contribution is -2.44. The van der Waals surface area contributed by atoms with Crippen LogP contribution in [0.1, 0.15) is 36.7 Å². The number of para-hydroxylation sites is 1. The first kappa shape index (κ1) is 19.7. The van der Waals surface area contributed by atoms with Gasteiger partial charge in [-0.25, -0.2) is 0 Å². The number of hydrogen-bond acceptors (Lipinski definition) is 5. The summed E-state index contributed by atoms with van der Waals surface area (Å²) in [4.78, 5) is 28.2. The maximum Gasteiger partial charge on any atom is 0.243 e. The van der Waals surface area contributed by atoms with Crippen molar-refractivity contribution in [1.82, 2.24) is 10.3 Å². The van der Waals surface area contributed by atoms with Crippen LogP contribution in [0.15, 0.2) is 35.0 Å². The highest BCUT2D eigenvalue weighted by Gasteiger charge is 2.44. The van der Waals surface area contributed by atoms with Gasteiger partial charge in [0.05, 0.1) is 28.5 Å². The largest absolute Gasteiger partial charge is 0.360 e. The standard InChI is InChI=1S/C21H20N4O2S/c1-4-12-6-5-7-13-14(10-24-18(12)13)17(26)11-28-20-16(9-23)21(2,3)15(8-22)19(27)25-20/h5-7,10,15,24H,4,11H2,1-3H3,(H,25,27)/t15-/m1/s1. The second kappa shape index (κ2) is 7.53. The number of carbonyl (C=O) groups excluding carboxylic acids is 2. The molecule has 0 spiro atoms. The quantitative estimate of drug-likeness (QED) is 0.754. The molecule has 1 aromatic heterocycles. The number of aryl methyl sites for hydroxylation is 1. The summed E-state index contributed by atoms with van der Waals surface area (Å²) >= 11 is 1.13. The Hall–Kier alpha value is -3.03. The van der Waals surface area contributed by atoms with Gasteiger partial charge >= 0.3 is 0 Å². The summed E-state index contributed by atoms with van der Waals surface area (Å²) in [6.45, 7) is 5.46. The molecular formula is C21H20N4O2S. The molecule has 7 heteroatoms. The van der Waals surface area contributed by atoms with Crippen molar-refractivity contribution < 1.29 is 9.59 Å². The van der Waals surface area contributed by atoms with Gasteiger partial charge in [-0.2, -0.15) is 10.5 Å². The van der Waals surface area contributed by atoms with Crippen molar-refractivity contribution in [3.05, 3.63) is 46.1 Å². The number of nitrogens with zero attached hydrogens (tertiary/aromatic N) is 2. The van der Waals surface area contributed by atoms with Crippen LogP contribution in [0, 0.1) is 34.0 Å². The van der Waals surface area contributed by atoms with E-state index in [0.29, 0.717) is 16.2 Å². The van der Waals surface area contributed by atoms with Gasteiger partial charge in [0.2, 0.25) is 5.91 Å². The van der Waals surface area contributed by atoms with Crippen molar-refractivity contribution >= 4 is 34.4 Å². The number of amides is 1. The maximum absolute atomic E-state index is 12.8. The van der Waals surface area contributed by atoms with Crippen molar-refractivity contribution in [3.8, 4) is 12.1 Å². The lowest BCUT2D eigenvalue weighted by Gasteiger charge is -2.34. The second-order valence-electron chi connectivity index (χ2n) is 7.20. The fourth-order valence-electron chi connectivity index (χ4n) is 3.49. The number of Topliss-reactive ketones (excluding diaryl/α,β-unsaturated/α-hetero) is 1. The van der Waals surface area contributed by atoms with Gasteiger partial charge in [0, 0.05) is 28.1 Å². The molecule has 0 saturated carbocycles. The van der Waals surface area contributed by atoms with E-state index in [2.05, 4.69) is 23.3 Å². The van der Waals surface area contributed by atoms with E-state index in [1.165, 1.54) is 0 Å². The van der Waals surface area contributed by atoms with E-state index in [0.717, 1.165) is 34.6 Å². The zero-order chi connectivity index (χ0) is 20.5. The number of allylic oxidation sites excluding steroid dienone is 1. The Morgan fingerprint density at radius 2 is 2.07 bits per heavy atom. The Bertz CT molecular complexity index is 1080. The molecule has 1 aliphatic rings. The number of hydrogen-bond donors (Lipinski definition) is 2. The Morgan fingerprint density at radius 1 is 1.32 bits per heavy atom. The SMILES string of the molecule is CCc1cccc2c(C(=O)CSC3=C(C#N)C(C)(C)[C@H](C#N)C(=O)N3)c[nH]c12. The number of aromatic amines is 1. The average molecular weight is 392 g/mol. The number of benzene rings is 1. The van der Waals surface area contributed by atoms with Gasteiger partial charge in [-0.15, -0.1) is 0 Å². The molecule has 1 aliphatic heterocycles. The lowest BCUT2D eigenvalue weighted by atomic mass is 9.72. The Balaban J connectivity index is 1.87. The molecule has 1 amide bonds. The predicted molar refractivity (Wildman–Crippen MR) is 108 cm³/mol. The maximum atomic E-state index is 12.8. The molecule has 28 heavy (non-hydrogen) atoms. The van der Waals surface area contributed by atoms with Crippen molar-refractivity contribution in [3.63, 3.8) is 0 Å². The minimum atomic E-state index is -0.941. The van der Waals surface area contributed by atoms with E-state index in [1.807, 2.05) is 24.3 Å². The third-order valence-corrected chi connectivity index (χ3v) is 6.16. The van der Waals surface area contributed by atoms with Crippen LogP contribution >= 0.6 is 11.8 Å². The van der Waals surface area contributed by atoms with Crippen LogP contribution in [0.4, 0.5) is 0 Å². The third-order valence-electron chi connectivity index (χ3n) is 5.16. The van der Waals surface area contributed by atoms with Crippen LogP contribution in [-0.4, -0.2) is 22.4 Å². The molecule has 0 aliphatic carbocycles. The zero-order valence-electron chi connectivity index (χ0n) is 15.9. The van der Waals surface area contributed by atoms with Gasteiger partial charge in [-0.1, -0.05) is 50.7 Å². The number of carbonyl (C=O) groups is 2. The normalized spacial score (nSPS) is 18.5. The molecular weight excluding hydrogens is 372 g/mol. The van der Waals surface area contributed by atoms with E-state index in [-0.39, 0.29) is 11.5 Å². The number of aromatic nitrogens is 1. The van der Waals surface area contributed by atoms with Crippen LogP contribution in [0.2, 0.25) is 0 Å². The fraction of sp³-hybridized carbons (Fsp3) is 0.333. The predicted octanol–water partition coefficient (Wildman–Crippen LogP) is 3.68. The highest BCUT2D eigenvalue weighted by Crippen LogP contribution is 2.42. The molecule has 0 bridgehead atoms. The minimum absolute atomic E-state index is 0.0808. The molecule has 0 fully saturated rings. The monoisotopic (exact) mass is 392 g/mol. The first-order chi connectivity index (χ1) is 13.3. The molecule has 1 atom stereocenters. The number of nitrogens with one attached hydrogen (secondary N) is 2. The van der Waals surface area contributed by atoms with Gasteiger partial charge in [0.1, 0.15) is 5.92 Å². The first-order valence-electron chi connectivity index (χ1n) is 8.95. The lowest BCUT2D eigenvalue weighted by molar-refractivity contribution is -0.125. The van der Waals surface area contributed by atoms with Gasteiger partial charge < -0.3 is 10.3 Å². The first-order valence-corrected chi connectivity index (χ1v) is 9.94. The Morgan fingerprint density at radius 3 is 2.71 bits per heavy atom. The van der Waals surface area contributed by atoms with E-state index >= 15 is 0 Å². The molecule has 2 N–H and O–H groups in total. The summed E-state index contributed by atoms with van der Waals surface area (Å²) in [7, 11) is 0. The highest BCUT2D eigenvalue weighted by atomic mass is 32.2. The van der Waals surface area contributed by atoms with Gasteiger partial charge in [0.15, 0.2) is 5.78 Å². The number of nitriles is 2. The highest BCUT2D eigenvalue weighted by molar-refractivity contribution is 8.03. The summed E-state index contributed by atoms with van der Waals surface area (Å²) in [6.07, 6.45) is 2.57. The molecule has 3 rings (SSSR count). The molecule has 0 saturated heterocycles. The number of fused-ring (bicyclic) bond motifs is 1. The van der Waals surface area contributed by atoms with Crippen LogP contribution in [-0.2, 0) is 11.2 Å². The molecule has 0 unspecified atom stereocenters. The van der Waals surface area contributed by atoms with Crippen LogP contribution in [0.25, 0.3) is 10.9 Å². The molecule has 0 radical (unpaired) electrons.